The zero-order valence-electron chi connectivity index (χ0n) is 13.8. The standard InChI is InChI=1S/C18H20F3N3O/c19-18(20,21)15-13-17(14-5-2-1-3-6-14)23-22-16(15)7-4-8-24-9-11-25-12-10-24/h1-3,5-6,13H,4,7-12H2. The third-order valence-electron chi connectivity index (χ3n) is 4.24. The van der Waals surface area contributed by atoms with Crippen molar-refractivity contribution in [2.45, 2.75) is 19.0 Å². The molecular weight excluding hydrogens is 331 g/mol. The molecular formula is C18H20F3N3O. The Morgan fingerprint density at radius 1 is 1.04 bits per heavy atom. The summed E-state index contributed by atoms with van der Waals surface area (Å²) >= 11 is 0. The third kappa shape index (κ3) is 4.76. The highest BCUT2D eigenvalue weighted by Crippen LogP contribution is 2.33. The maximum atomic E-state index is 13.4. The molecule has 1 aromatic carbocycles. The summed E-state index contributed by atoms with van der Waals surface area (Å²) in [6.07, 6.45) is -3.56. The van der Waals surface area contributed by atoms with E-state index in [1.54, 1.807) is 24.3 Å². The summed E-state index contributed by atoms with van der Waals surface area (Å²) in [6, 6.07) is 9.89. The molecule has 2 heterocycles. The molecule has 4 nitrogen and oxygen atoms in total. The van der Waals surface area contributed by atoms with Crippen LogP contribution in [0.4, 0.5) is 13.2 Å². The van der Waals surface area contributed by atoms with Crippen molar-refractivity contribution in [2.75, 3.05) is 32.8 Å². The molecule has 25 heavy (non-hydrogen) atoms. The minimum absolute atomic E-state index is 0.0143. The molecule has 1 aliphatic heterocycles. The Balaban J connectivity index is 1.74. The van der Waals surface area contributed by atoms with Crippen molar-refractivity contribution in [1.29, 1.82) is 0 Å². The number of ether oxygens (including phenoxy) is 1. The highest BCUT2D eigenvalue weighted by molar-refractivity contribution is 5.59. The fourth-order valence-electron chi connectivity index (χ4n) is 2.89. The van der Waals surface area contributed by atoms with Gasteiger partial charge in [-0.3, -0.25) is 4.90 Å². The molecule has 7 heteroatoms. The number of hydrogen-bond donors (Lipinski definition) is 0. The molecule has 0 amide bonds. The van der Waals surface area contributed by atoms with Gasteiger partial charge in [0.05, 0.1) is 30.2 Å². The molecule has 0 radical (unpaired) electrons. The molecule has 0 atom stereocenters. The van der Waals surface area contributed by atoms with Crippen LogP contribution >= 0.6 is 0 Å². The van der Waals surface area contributed by atoms with Crippen LogP contribution in [-0.2, 0) is 17.3 Å². The minimum atomic E-state index is -4.44. The lowest BCUT2D eigenvalue weighted by atomic mass is 10.1. The Bertz CT molecular complexity index is 686. The smallest absolute Gasteiger partial charge is 0.379 e. The lowest BCUT2D eigenvalue weighted by Crippen LogP contribution is -2.37. The summed E-state index contributed by atoms with van der Waals surface area (Å²) in [5, 5.41) is 7.90. The van der Waals surface area contributed by atoms with Gasteiger partial charge >= 0.3 is 6.18 Å². The minimum Gasteiger partial charge on any atom is -0.379 e. The van der Waals surface area contributed by atoms with E-state index in [-0.39, 0.29) is 17.8 Å². The quantitative estimate of drug-likeness (QED) is 0.827. The van der Waals surface area contributed by atoms with E-state index in [9.17, 15) is 13.2 Å². The fraction of sp³-hybridized carbons (Fsp3) is 0.444. The first-order valence-electron chi connectivity index (χ1n) is 8.33. The van der Waals surface area contributed by atoms with Gasteiger partial charge < -0.3 is 4.74 Å². The maximum Gasteiger partial charge on any atom is 0.418 e. The summed E-state index contributed by atoms with van der Waals surface area (Å²) in [5.74, 6) is 0. The summed E-state index contributed by atoms with van der Waals surface area (Å²) in [6.45, 7) is 3.75. The van der Waals surface area contributed by atoms with Gasteiger partial charge in [-0.1, -0.05) is 30.3 Å². The molecule has 3 rings (SSSR count). The first-order valence-corrected chi connectivity index (χ1v) is 8.33. The Hall–Kier alpha value is -1.99. The predicted molar refractivity (Wildman–Crippen MR) is 88.1 cm³/mol. The normalized spacial score (nSPS) is 16.1. The van der Waals surface area contributed by atoms with E-state index >= 15 is 0 Å². The number of morpholine rings is 1. The van der Waals surface area contributed by atoms with Crippen molar-refractivity contribution in [2.24, 2.45) is 0 Å². The van der Waals surface area contributed by atoms with Gasteiger partial charge in [-0.25, -0.2) is 0 Å². The number of alkyl halides is 3. The van der Waals surface area contributed by atoms with Crippen LogP contribution in [0.1, 0.15) is 17.7 Å². The van der Waals surface area contributed by atoms with Gasteiger partial charge in [0.25, 0.3) is 0 Å². The van der Waals surface area contributed by atoms with Crippen molar-refractivity contribution in [3.8, 4) is 11.3 Å². The first-order chi connectivity index (χ1) is 12.0. The molecule has 1 aliphatic rings. The van der Waals surface area contributed by atoms with Crippen LogP contribution in [0.15, 0.2) is 36.4 Å². The number of rotatable bonds is 5. The van der Waals surface area contributed by atoms with Crippen molar-refractivity contribution in [1.82, 2.24) is 15.1 Å². The van der Waals surface area contributed by atoms with E-state index in [4.69, 9.17) is 4.74 Å². The number of aromatic nitrogens is 2. The monoisotopic (exact) mass is 351 g/mol. The third-order valence-corrected chi connectivity index (χ3v) is 4.24. The van der Waals surface area contributed by atoms with E-state index in [1.807, 2.05) is 6.07 Å². The average molecular weight is 351 g/mol. The van der Waals surface area contributed by atoms with Gasteiger partial charge in [0.1, 0.15) is 0 Å². The van der Waals surface area contributed by atoms with Crippen LogP contribution in [0.2, 0.25) is 0 Å². The summed E-state index contributed by atoms with van der Waals surface area (Å²) in [7, 11) is 0. The van der Waals surface area contributed by atoms with Crippen LogP contribution in [0.3, 0.4) is 0 Å². The second-order valence-corrected chi connectivity index (χ2v) is 6.01. The number of nitrogens with zero attached hydrogens (tertiary/aromatic N) is 3. The Morgan fingerprint density at radius 3 is 2.44 bits per heavy atom. The Kier molecular flexibility index (Phi) is 5.65. The zero-order chi connectivity index (χ0) is 17.7. The van der Waals surface area contributed by atoms with Crippen LogP contribution in [0.25, 0.3) is 11.3 Å². The van der Waals surface area contributed by atoms with E-state index in [0.29, 0.717) is 25.2 Å². The van der Waals surface area contributed by atoms with Gasteiger partial charge in [0.2, 0.25) is 0 Å². The number of halogens is 3. The van der Waals surface area contributed by atoms with E-state index in [0.717, 1.165) is 25.7 Å². The average Bonchev–Trinajstić information content (AvgIpc) is 2.63. The fourth-order valence-corrected chi connectivity index (χ4v) is 2.89. The molecule has 134 valence electrons. The highest BCUT2D eigenvalue weighted by Gasteiger charge is 2.35. The Morgan fingerprint density at radius 2 is 1.76 bits per heavy atom. The molecule has 0 N–H and O–H groups in total. The lowest BCUT2D eigenvalue weighted by Gasteiger charge is -2.26. The molecule has 1 aromatic heterocycles. The highest BCUT2D eigenvalue weighted by atomic mass is 19.4. The molecule has 0 spiro atoms. The van der Waals surface area contributed by atoms with Crippen LogP contribution in [0, 0.1) is 0 Å². The number of benzene rings is 1. The lowest BCUT2D eigenvalue weighted by molar-refractivity contribution is -0.138. The van der Waals surface area contributed by atoms with Crippen molar-refractivity contribution >= 4 is 0 Å². The zero-order valence-corrected chi connectivity index (χ0v) is 13.8. The van der Waals surface area contributed by atoms with Crippen molar-refractivity contribution < 1.29 is 17.9 Å². The number of hydrogen-bond acceptors (Lipinski definition) is 4. The summed E-state index contributed by atoms with van der Waals surface area (Å²) in [5.41, 5.74) is 0.189. The molecule has 0 bridgehead atoms. The van der Waals surface area contributed by atoms with Crippen LogP contribution in [0.5, 0.6) is 0 Å². The van der Waals surface area contributed by atoms with Gasteiger partial charge in [-0.15, -0.1) is 0 Å². The van der Waals surface area contributed by atoms with Gasteiger partial charge in [-0.2, -0.15) is 23.4 Å². The molecule has 0 unspecified atom stereocenters. The maximum absolute atomic E-state index is 13.4. The second-order valence-electron chi connectivity index (χ2n) is 6.01. The second kappa shape index (κ2) is 7.93. The van der Waals surface area contributed by atoms with Gasteiger partial charge in [-0.05, 0) is 25.5 Å². The Labute approximate surface area is 144 Å². The van der Waals surface area contributed by atoms with E-state index in [2.05, 4.69) is 15.1 Å². The molecule has 0 aliphatic carbocycles. The first kappa shape index (κ1) is 17.8. The van der Waals surface area contributed by atoms with Gasteiger partial charge in [0, 0.05) is 18.7 Å². The largest absolute Gasteiger partial charge is 0.418 e. The van der Waals surface area contributed by atoms with Crippen LogP contribution < -0.4 is 0 Å². The summed E-state index contributed by atoms with van der Waals surface area (Å²) < 4.78 is 45.6. The van der Waals surface area contributed by atoms with Gasteiger partial charge in [0.15, 0.2) is 0 Å². The molecule has 2 aromatic rings. The van der Waals surface area contributed by atoms with Crippen LogP contribution in [-0.4, -0.2) is 47.9 Å². The van der Waals surface area contributed by atoms with E-state index in [1.165, 1.54) is 0 Å². The SMILES string of the molecule is FC(F)(F)c1cc(-c2ccccc2)nnc1CCCN1CCOCC1. The topological polar surface area (TPSA) is 38.2 Å². The molecule has 1 fully saturated rings. The van der Waals surface area contributed by atoms with E-state index < -0.39 is 11.7 Å². The predicted octanol–water partition coefficient (Wildman–Crippen LogP) is 3.43. The molecule has 0 saturated carbocycles. The van der Waals surface area contributed by atoms with Crippen molar-refractivity contribution in [3.63, 3.8) is 0 Å². The van der Waals surface area contributed by atoms with Crippen molar-refractivity contribution in [3.05, 3.63) is 47.7 Å². The molecule has 1 saturated heterocycles. The summed E-state index contributed by atoms with van der Waals surface area (Å²) in [4.78, 5) is 2.20. The number of aryl methyl sites for hydroxylation is 1.